The van der Waals surface area contributed by atoms with Crippen molar-refractivity contribution in [2.24, 2.45) is 17.8 Å². The van der Waals surface area contributed by atoms with E-state index in [0.29, 0.717) is 17.9 Å². The minimum absolute atomic E-state index is 0.0999. The van der Waals surface area contributed by atoms with E-state index in [0.717, 1.165) is 23.7 Å². The lowest BCUT2D eigenvalue weighted by atomic mass is 9.75. The van der Waals surface area contributed by atoms with Gasteiger partial charge >= 0.3 is 0 Å². The maximum absolute atomic E-state index is 11.3. The molecule has 2 heteroatoms. The molecular formula is C18H26O2. The average Bonchev–Trinajstić information content (AvgIpc) is 2.39. The van der Waals surface area contributed by atoms with Crippen molar-refractivity contribution >= 4 is 5.78 Å². The van der Waals surface area contributed by atoms with Crippen molar-refractivity contribution < 1.29 is 9.53 Å². The lowest BCUT2D eigenvalue weighted by Crippen LogP contribution is -2.36. The summed E-state index contributed by atoms with van der Waals surface area (Å²) in [7, 11) is 0. The van der Waals surface area contributed by atoms with Gasteiger partial charge in [0.15, 0.2) is 5.78 Å². The highest BCUT2D eigenvalue weighted by molar-refractivity contribution is 5.94. The smallest absolute Gasteiger partial charge is 0.159 e. The molecule has 110 valence electrons. The highest BCUT2D eigenvalue weighted by atomic mass is 16.5. The molecule has 0 amide bonds. The summed E-state index contributed by atoms with van der Waals surface area (Å²) < 4.78 is 6.22. The Morgan fingerprint density at radius 3 is 2.40 bits per heavy atom. The lowest BCUT2D eigenvalue weighted by molar-refractivity contribution is 0.0460. The van der Waals surface area contributed by atoms with Crippen molar-refractivity contribution in [3.05, 3.63) is 29.8 Å². The van der Waals surface area contributed by atoms with E-state index in [4.69, 9.17) is 4.74 Å². The molecule has 0 saturated heterocycles. The third kappa shape index (κ3) is 3.62. The summed E-state index contributed by atoms with van der Waals surface area (Å²) in [6.45, 7) is 8.48. The Hall–Kier alpha value is -1.31. The van der Waals surface area contributed by atoms with Gasteiger partial charge in [0.05, 0.1) is 0 Å². The van der Waals surface area contributed by atoms with Gasteiger partial charge in [-0.3, -0.25) is 4.79 Å². The Bertz CT molecular complexity index is 447. The van der Waals surface area contributed by atoms with E-state index in [1.54, 1.807) is 6.92 Å². The van der Waals surface area contributed by atoms with Crippen LogP contribution in [0.1, 0.15) is 57.3 Å². The summed E-state index contributed by atoms with van der Waals surface area (Å²) in [5.41, 5.74) is 0.745. The van der Waals surface area contributed by atoms with Crippen LogP contribution in [0.2, 0.25) is 0 Å². The van der Waals surface area contributed by atoms with Crippen molar-refractivity contribution in [2.75, 3.05) is 0 Å². The summed E-state index contributed by atoms with van der Waals surface area (Å²) >= 11 is 0. The van der Waals surface area contributed by atoms with Crippen LogP contribution in [0.5, 0.6) is 5.75 Å². The monoisotopic (exact) mass is 274 g/mol. The third-order valence-corrected chi connectivity index (χ3v) is 4.51. The van der Waals surface area contributed by atoms with Crippen LogP contribution in [-0.2, 0) is 0 Å². The number of hydrogen-bond donors (Lipinski definition) is 0. The van der Waals surface area contributed by atoms with Crippen LogP contribution in [0.15, 0.2) is 24.3 Å². The molecule has 1 aliphatic rings. The van der Waals surface area contributed by atoms with Crippen molar-refractivity contribution in [3.63, 3.8) is 0 Å². The fraction of sp³-hybridized carbons (Fsp3) is 0.611. The van der Waals surface area contributed by atoms with E-state index in [2.05, 4.69) is 20.8 Å². The fourth-order valence-electron chi connectivity index (χ4n) is 3.19. The molecule has 0 bridgehead atoms. The topological polar surface area (TPSA) is 26.3 Å². The quantitative estimate of drug-likeness (QED) is 0.742. The zero-order valence-corrected chi connectivity index (χ0v) is 13.1. The van der Waals surface area contributed by atoms with Crippen LogP contribution < -0.4 is 4.74 Å². The van der Waals surface area contributed by atoms with Gasteiger partial charge in [0.25, 0.3) is 0 Å². The Morgan fingerprint density at radius 2 is 1.85 bits per heavy atom. The number of hydrogen-bond acceptors (Lipinski definition) is 2. The summed E-state index contributed by atoms with van der Waals surface area (Å²) in [6, 6.07) is 7.56. The van der Waals surface area contributed by atoms with Crippen molar-refractivity contribution in [1.29, 1.82) is 0 Å². The van der Waals surface area contributed by atoms with E-state index in [1.807, 2.05) is 24.3 Å². The number of rotatable bonds is 4. The highest BCUT2D eigenvalue weighted by Crippen LogP contribution is 2.35. The lowest BCUT2D eigenvalue weighted by Gasteiger charge is -2.37. The van der Waals surface area contributed by atoms with Crippen LogP contribution in [-0.4, -0.2) is 11.9 Å². The van der Waals surface area contributed by atoms with Crippen LogP contribution in [0, 0.1) is 17.8 Å². The Balaban J connectivity index is 2.07. The fourth-order valence-corrected chi connectivity index (χ4v) is 3.19. The number of benzene rings is 1. The van der Waals surface area contributed by atoms with Crippen LogP contribution in [0.25, 0.3) is 0 Å². The second-order valence-electron chi connectivity index (χ2n) is 6.56. The van der Waals surface area contributed by atoms with Crippen LogP contribution >= 0.6 is 0 Å². The zero-order chi connectivity index (χ0) is 14.7. The summed E-state index contributed by atoms with van der Waals surface area (Å²) in [6.07, 6.45) is 4.01. The predicted molar refractivity (Wildman–Crippen MR) is 82.2 cm³/mol. The normalized spacial score (nSPS) is 26.6. The Labute approximate surface area is 122 Å². The first kappa shape index (κ1) is 15.1. The maximum atomic E-state index is 11.3. The van der Waals surface area contributed by atoms with Gasteiger partial charge in [-0.05, 0) is 61.8 Å². The second-order valence-corrected chi connectivity index (χ2v) is 6.56. The first-order valence-corrected chi connectivity index (χ1v) is 7.75. The molecule has 1 saturated carbocycles. The number of carbonyl (C=O) groups excluding carboxylic acids is 1. The van der Waals surface area contributed by atoms with Gasteiger partial charge in [-0.25, -0.2) is 0 Å². The van der Waals surface area contributed by atoms with Gasteiger partial charge in [0.2, 0.25) is 0 Å². The molecule has 1 fully saturated rings. The maximum Gasteiger partial charge on any atom is 0.159 e. The number of ether oxygens (including phenoxy) is 1. The van der Waals surface area contributed by atoms with E-state index in [-0.39, 0.29) is 5.78 Å². The summed E-state index contributed by atoms with van der Waals surface area (Å²) in [4.78, 5) is 11.3. The first-order valence-electron chi connectivity index (χ1n) is 7.75. The van der Waals surface area contributed by atoms with Crippen molar-refractivity contribution in [1.82, 2.24) is 0 Å². The highest BCUT2D eigenvalue weighted by Gasteiger charge is 2.32. The van der Waals surface area contributed by atoms with E-state index >= 15 is 0 Å². The average molecular weight is 274 g/mol. The van der Waals surface area contributed by atoms with Gasteiger partial charge in [0.1, 0.15) is 11.9 Å². The number of carbonyl (C=O) groups is 1. The van der Waals surface area contributed by atoms with E-state index < -0.39 is 0 Å². The molecular weight excluding hydrogens is 248 g/mol. The molecule has 0 unspecified atom stereocenters. The van der Waals surface area contributed by atoms with Gasteiger partial charge in [0, 0.05) is 5.56 Å². The van der Waals surface area contributed by atoms with Crippen molar-refractivity contribution in [3.8, 4) is 5.75 Å². The SMILES string of the molecule is CC(=O)c1ccc(O[C@@H]2C[C@H](C)CC[C@H]2C(C)C)cc1. The predicted octanol–water partition coefficient (Wildman–Crippen LogP) is 4.73. The van der Waals surface area contributed by atoms with Gasteiger partial charge in [-0.15, -0.1) is 0 Å². The van der Waals surface area contributed by atoms with Crippen LogP contribution in [0.4, 0.5) is 0 Å². The minimum Gasteiger partial charge on any atom is -0.490 e. The van der Waals surface area contributed by atoms with Crippen molar-refractivity contribution in [2.45, 2.75) is 53.1 Å². The Kier molecular flexibility index (Phi) is 4.85. The molecule has 2 rings (SSSR count). The molecule has 0 spiro atoms. The molecule has 2 nitrogen and oxygen atoms in total. The number of Topliss-reactive ketones (excluding diaryl/α,β-unsaturated/α-hetero) is 1. The standard InChI is InChI=1S/C18H26O2/c1-12(2)17-10-5-13(3)11-18(17)20-16-8-6-15(7-9-16)14(4)19/h6-9,12-13,17-18H,5,10-11H2,1-4H3/t13-,17+,18-/m1/s1. The molecule has 1 aliphatic carbocycles. The molecule has 3 atom stereocenters. The molecule has 20 heavy (non-hydrogen) atoms. The second kappa shape index (κ2) is 6.43. The van der Waals surface area contributed by atoms with Gasteiger partial charge in [-0.1, -0.05) is 27.2 Å². The molecule has 0 N–H and O–H groups in total. The van der Waals surface area contributed by atoms with Gasteiger partial charge in [-0.2, -0.15) is 0 Å². The molecule has 0 aromatic heterocycles. The molecule has 0 aliphatic heterocycles. The molecule has 0 heterocycles. The van der Waals surface area contributed by atoms with Gasteiger partial charge < -0.3 is 4.74 Å². The minimum atomic E-state index is 0.0999. The first-order chi connectivity index (χ1) is 9.47. The zero-order valence-electron chi connectivity index (χ0n) is 13.1. The van der Waals surface area contributed by atoms with Crippen LogP contribution in [0.3, 0.4) is 0 Å². The van der Waals surface area contributed by atoms with E-state index in [9.17, 15) is 4.79 Å². The summed E-state index contributed by atoms with van der Waals surface area (Å²) in [5, 5.41) is 0. The molecule has 0 radical (unpaired) electrons. The molecule has 1 aromatic rings. The summed E-state index contributed by atoms with van der Waals surface area (Å²) in [5.74, 6) is 3.02. The van der Waals surface area contributed by atoms with E-state index in [1.165, 1.54) is 12.8 Å². The largest absolute Gasteiger partial charge is 0.490 e. The molecule has 1 aromatic carbocycles. The Morgan fingerprint density at radius 1 is 1.20 bits per heavy atom. The number of ketones is 1. The third-order valence-electron chi connectivity index (χ3n) is 4.51.